The summed E-state index contributed by atoms with van der Waals surface area (Å²) >= 11 is 0. The summed E-state index contributed by atoms with van der Waals surface area (Å²) in [6, 6.07) is 22.2. The quantitative estimate of drug-likeness (QED) is 0.860. The molecular weight excluding hydrogens is 218 g/mol. The number of rotatable bonds is 3. The first-order valence-electron chi connectivity index (χ1n) is 6.76. The zero-order chi connectivity index (χ0) is 12.2. The van der Waals surface area contributed by atoms with E-state index in [9.17, 15) is 0 Å². The SMILES string of the molecule is c1ccc(C[C@@H]2CCN[C@@H]2c2ccccc2)cc1. The van der Waals surface area contributed by atoms with E-state index in [1.807, 2.05) is 0 Å². The molecule has 1 heteroatoms. The highest BCUT2D eigenvalue weighted by Crippen LogP contribution is 2.31. The fourth-order valence-electron chi connectivity index (χ4n) is 2.94. The summed E-state index contributed by atoms with van der Waals surface area (Å²) < 4.78 is 0. The lowest BCUT2D eigenvalue weighted by molar-refractivity contribution is 0.460. The summed E-state index contributed by atoms with van der Waals surface area (Å²) in [5, 5.41) is 3.64. The van der Waals surface area contributed by atoms with Crippen LogP contribution in [0.4, 0.5) is 0 Å². The van der Waals surface area contributed by atoms with Crippen LogP contribution in [0, 0.1) is 5.92 Å². The van der Waals surface area contributed by atoms with Gasteiger partial charge in [-0.05, 0) is 36.4 Å². The Morgan fingerprint density at radius 1 is 0.889 bits per heavy atom. The van der Waals surface area contributed by atoms with Crippen LogP contribution in [-0.2, 0) is 6.42 Å². The van der Waals surface area contributed by atoms with E-state index in [0.717, 1.165) is 12.5 Å². The Bertz CT molecular complexity index is 477. The third-order valence-corrected chi connectivity index (χ3v) is 3.85. The highest BCUT2D eigenvalue weighted by atomic mass is 14.9. The fraction of sp³-hybridized carbons (Fsp3) is 0.294. The Kier molecular flexibility index (Phi) is 3.42. The predicted octanol–water partition coefficient (Wildman–Crippen LogP) is 3.58. The second-order valence-corrected chi connectivity index (χ2v) is 5.08. The van der Waals surface area contributed by atoms with Gasteiger partial charge in [0, 0.05) is 6.04 Å². The van der Waals surface area contributed by atoms with Crippen molar-refractivity contribution in [2.75, 3.05) is 6.54 Å². The van der Waals surface area contributed by atoms with Crippen molar-refractivity contribution in [3.63, 3.8) is 0 Å². The summed E-state index contributed by atoms with van der Waals surface area (Å²) in [7, 11) is 0. The van der Waals surface area contributed by atoms with Gasteiger partial charge in [0.15, 0.2) is 0 Å². The Labute approximate surface area is 109 Å². The van der Waals surface area contributed by atoms with Gasteiger partial charge in [-0.2, -0.15) is 0 Å². The molecule has 3 rings (SSSR count). The fourth-order valence-corrected chi connectivity index (χ4v) is 2.94. The van der Waals surface area contributed by atoms with E-state index < -0.39 is 0 Å². The number of nitrogens with one attached hydrogen (secondary N) is 1. The van der Waals surface area contributed by atoms with Gasteiger partial charge in [0.2, 0.25) is 0 Å². The maximum atomic E-state index is 3.64. The van der Waals surface area contributed by atoms with Crippen molar-refractivity contribution in [3.8, 4) is 0 Å². The zero-order valence-electron chi connectivity index (χ0n) is 10.5. The van der Waals surface area contributed by atoms with Crippen molar-refractivity contribution < 1.29 is 0 Å². The van der Waals surface area contributed by atoms with Crippen molar-refractivity contribution in [1.29, 1.82) is 0 Å². The molecule has 1 fully saturated rings. The maximum Gasteiger partial charge on any atom is 0.0352 e. The standard InChI is InChI=1S/C17H19N/c1-3-7-14(8-4-1)13-16-11-12-18-17(16)15-9-5-2-6-10-15/h1-10,16-18H,11-13H2/t16-,17+/m0/s1. The average molecular weight is 237 g/mol. The first-order valence-corrected chi connectivity index (χ1v) is 6.76. The third-order valence-electron chi connectivity index (χ3n) is 3.85. The van der Waals surface area contributed by atoms with Gasteiger partial charge in [-0.15, -0.1) is 0 Å². The molecule has 2 aromatic rings. The van der Waals surface area contributed by atoms with Crippen molar-refractivity contribution in [2.24, 2.45) is 5.92 Å². The molecule has 0 radical (unpaired) electrons. The normalized spacial score (nSPS) is 23.1. The van der Waals surface area contributed by atoms with Gasteiger partial charge in [0.1, 0.15) is 0 Å². The van der Waals surface area contributed by atoms with E-state index >= 15 is 0 Å². The van der Waals surface area contributed by atoms with E-state index in [2.05, 4.69) is 66.0 Å². The van der Waals surface area contributed by atoms with E-state index in [0.29, 0.717) is 6.04 Å². The van der Waals surface area contributed by atoms with Crippen LogP contribution in [0.2, 0.25) is 0 Å². The van der Waals surface area contributed by atoms with Crippen LogP contribution < -0.4 is 5.32 Å². The van der Waals surface area contributed by atoms with Crippen LogP contribution in [0.3, 0.4) is 0 Å². The lowest BCUT2D eigenvalue weighted by Gasteiger charge is -2.20. The summed E-state index contributed by atoms with van der Waals surface area (Å²) in [4.78, 5) is 0. The van der Waals surface area contributed by atoms with Gasteiger partial charge in [-0.1, -0.05) is 60.7 Å². The molecule has 1 N–H and O–H groups in total. The molecule has 0 amide bonds. The molecular formula is C17H19N. The molecule has 0 spiro atoms. The summed E-state index contributed by atoms with van der Waals surface area (Å²) in [6.07, 6.45) is 2.45. The van der Waals surface area contributed by atoms with Crippen LogP contribution in [0.1, 0.15) is 23.6 Å². The molecule has 0 aromatic heterocycles. The van der Waals surface area contributed by atoms with Crippen LogP contribution in [0.15, 0.2) is 60.7 Å². The van der Waals surface area contributed by atoms with E-state index in [1.165, 1.54) is 24.0 Å². The molecule has 2 atom stereocenters. The lowest BCUT2D eigenvalue weighted by Crippen LogP contribution is -2.19. The minimum atomic E-state index is 0.520. The summed E-state index contributed by atoms with van der Waals surface area (Å²) in [5.41, 5.74) is 2.88. The molecule has 2 aromatic carbocycles. The highest BCUT2D eigenvalue weighted by molar-refractivity contribution is 5.23. The minimum Gasteiger partial charge on any atom is -0.310 e. The second-order valence-electron chi connectivity index (χ2n) is 5.08. The molecule has 1 saturated heterocycles. The van der Waals surface area contributed by atoms with Crippen LogP contribution in [0.5, 0.6) is 0 Å². The zero-order valence-corrected chi connectivity index (χ0v) is 10.5. The number of hydrogen-bond acceptors (Lipinski definition) is 1. The Morgan fingerprint density at radius 3 is 2.28 bits per heavy atom. The molecule has 0 unspecified atom stereocenters. The van der Waals surface area contributed by atoms with Crippen molar-refractivity contribution >= 4 is 0 Å². The Morgan fingerprint density at radius 2 is 1.56 bits per heavy atom. The van der Waals surface area contributed by atoms with Gasteiger partial charge in [0.25, 0.3) is 0 Å². The Balaban J connectivity index is 1.76. The average Bonchev–Trinajstić information content (AvgIpc) is 2.89. The van der Waals surface area contributed by atoms with Crippen LogP contribution >= 0.6 is 0 Å². The van der Waals surface area contributed by atoms with Crippen molar-refractivity contribution in [3.05, 3.63) is 71.8 Å². The predicted molar refractivity (Wildman–Crippen MR) is 75.4 cm³/mol. The van der Waals surface area contributed by atoms with Crippen LogP contribution in [0.25, 0.3) is 0 Å². The summed E-state index contributed by atoms with van der Waals surface area (Å²) in [6.45, 7) is 1.14. The van der Waals surface area contributed by atoms with Crippen molar-refractivity contribution in [2.45, 2.75) is 18.9 Å². The largest absolute Gasteiger partial charge is 0.310 e. The van der Waals surface area contributed by atoms with E-state index in [1.54, 1.807) is 0 Å². The molecule has 1 nitrogen and oxygen atoms in total. The first-order chi connectivity index (χ1) is 8.93. The molecule has 0 aliphatic carbocycles. The topological polar surface area (TPSA) is 12.0 Å². The maximum absolute atomic E-state index is 3.64. The smallest absolute Gasteiger partial charge is 0.0352 e. The first kappa shape index (κ1) is 11.5. The number of hydrogen-bond donors (Lipinski definition) is 1. The summed E-state index contributed by atoms with van der Waals surface area (Å²) in [5.74, 6) is 0.717. The van der Waals surface area contributed by atoms with Gasteiger partial charge >= 0.3 is 0 Å². The highest BCUT2D eigenvalue weighted by Gasteiger charge is 2.27. The molecule has 0 bridgehead atoms. The Hall–Kier alpha value is -1.60. The van der Waals surface area contributed by atoms with Gasteiger partial charge in [0.05, 0.1) is 0 Å². The molecule has 1 heterocycles. The molecule has 18 heavy (non-hydrogen) atoms. The van der Waals surface area contributed by atoms with Gasteiger partial charge in [-0.25, -0.2) is 0 Å². The molecule has 0 saturated carbocycles. The van der Waals surface area contributed by atoms with E-state index in [4.69, 9.17) is 0 Å². The monoisotopic (exact) mass is 237 g/mol. The van der Waals surface area contributed by atoms with Gasteiger partial charge in [-0.3, -0.25) is 0 Å². The number of benzene rings is 2. The minimum absolute atomic E-state index is 0.520. The van der Waals surface area contributed by atoms with E-state index in [-0.39, 0.29) is 0 Å². The molecule has 1 aliphatic rings. The van der Waals surface area contributed by atoms with Gasteiger partial charge < -0.3 is 5.32 Å². The third kappa shape index (κ3) is 2.46. The lowest BCUT2D eigenvalue weighted by atomic mass is 9.89. The second kappa shape index (κ2) is 5.36. The van der Waals surface area contributed by atoms with Crippen molar-refractivity contribution in [1.82, 2.24) is 5.32 Å². The molecule has 92 valence electrons. The van der Waals surface area contributed by atoms with Crippen LogP contribution in [-0.4, -0.2) is 6.54 Å². The molecule has 1 aliphatic heterocycles.